The molecule has 142 valence electrons. The largest absolute Gasteiger partial charge is 0.475 e. The molecule has 0 aromatic carbocycles. The topological polar surface area (TPSA) is 181 Å². The Hall–Kier alpha value is -0.370. The summed E-state index contributed by atoms with van der Waals surface area (Å²) in [4.78, 5) is 42.2. The van der Waals surface area contributed by atoms with Gasteiger partial charge < -0.3 is 29.3 Å². The van der Waals surface area contributed by atoms with E-state index in [9.17, 15) is 24.4 Å². The lowest BCUT2D eigenvalue weighted by Crippen LogP contribution is -2.37. The summed E-state index contributed by atoms with van der Waals surface area (Å²) < 4.78 is 26.2. The predicted octanol–water partition coefficient (Wildman–Crippen LogP) is -1.56. The van der Waals surface area contributed by atoms with E-state index in [1.165, 1.54) is 0 Å². The first-order valence-electron chi connectivity index (χ1n) is 6.47. The number of nitrogens with one attached hydrogen (secondary N) is 1. The second-order valence-electron chi connectivity index (χ2n) is 4.90. The molecular weight excluding hydrogens is 422 g/mol. The molecule has 5 atom stereocenters. The zero-order chi connectivity index (χ0) is 19.0. The van der Waals surface area contributed by atoms with Crippen LogP contribution in [0.25, 0.3) is 0 Å². The monoisotopic (exact) mass is 436 g/mol. The van der Waals surface area contributed by atoms with Crippen LogP contribution in [0.1, 0.15) is 6.23 Å². The molecule has 1 aromatic rings. The molecular formula is C9H14N2O10P2S2. The van der Waals surface area contributed by atoms with Crippen molar-refractivity contribution in [2.75, 3.05) is 6.61 Å². The van der Waals surface area contributed by atoms with Crippen LogP contribution in [0, 0.1) is 0 Å². The molecule has 0 spiro atoms. The van der Waals surface area contributed by atoms with Gasteiger partial charge in [-0.2, -0.15) is 0 Å². The second-order valence-corrected chi connectivity index (χ2v) is 11.6. The van der Waals surface area contributed by atoms with Gasteiger partial charge in [0, 0.05) is 12.3 Å². The maximum Gasteiger partial charge on any atom is 0.475 e. The molecule has 1 fully saturated rings. The van der Waals surface area contributed by atoms with Gasteiger partial charge >= 0.3 is 13.5 Å². The van der Waals surface area contributed by atoms with Gasteiger partial charge in [0.25, 0.3) is 11.3 Å². The first-order chi connectivity index (χ1) is 11.4. The molecule has 2 heterocycles. The van der Waals surface area contributed by atoms with Crippen LogP contribution < -0.4 is 11.2 Å². The van der Waals surface area contributed by atoms with E-state index in [1.807, 2.05) is 4.98 Å². The lowest BCUT2D eigenvalue weighted by atomic mass is 10.1. The molecule has 0 bridgehead atoms. The van der Waals surface area contributed by atoms with Crippen LogP contribution in [0.15, 0.2) is 21.9 Å². The Bertz CT molecular complexity index is 836. The molecule has 2 rings (SSSR count). The zero-order valence-corrected chi connectivity index (χ0v) is 15.6. The number of aliphatic hydroxyl groups excluding tert-OH is 2. The van der Waals surface area contributed by atoms with Crippen LogP contribution in [-0.2, 0) is 29.9 Å². The van der Waals surface area contributed by atoms with E-state index in [1.54, 1.807) is 0 Å². The maximum absolute atomic E-state index is 11.7. The van der Waals surface area contributed by atoms with Crippen LogP contribution in [0.4, 0.5) is 0 Å². The number of thiol groups is 1. The molecule has 0 saturated carbocycles. The van der Waals surface area contributed by atoms with Gasteiger partial charge in [-0.15, -0.1) is 0 Å². The molecule has 1 unspecified atom stereocenters. The number of hydrogen-bond acceptors (Lipinski definition) is 9. The number of H-pyrrole nitrogens is 1. The summed E-state index contributed by atoms with van der Waals surface area (Å²) in [7, 11) is -4.94. The summed E-state index contributed by atoms with van der Waals surface area (Å²) in [6.45, 7) is -0.520. The fourth-order valence-corrected chi connectivity index (χ4v) is 5.67. The van der Waals surface area contributed by atoms with Crippen LogP contribution >= 0.6 is 25.8 Å². The molecule has 25 heavy (non-hydrogen) atoms. The maximum atomic E-state index is 11.7. The van der Waals surface area contributed by atoms with Gasteiger partial charge in [0.1, 0.15) is 18.3 Å². The number of aromatic amines is 1. The summed E-state index contributed by atoms with van der Waals surface area (Å²) >= 11 is 8.42. The Morgan fingerprint density at radius 3 is 2.56 bits per heavy atom. The number of nitrogens with zero attached hydrogens (tertiary/aromatic N) is 1. The summed E-state index contributed by atoms with van der Waals surface area (Å²) in [5.41, 5.74) is -5.16. The highest BCUT2D eigenvalue weighted by Crippen LogP contribution is 2.64. The normalized spacial score (nSPS) is 29.5. The van der Waals surface area contributed by atoms with Crippen molar-refractivity contribution in [1.82, 2.24) is 9.55 Å². The van der Waals surface area contributed by atoms with Gasteiger partial charge in [-0.05, 0) is 11.8 Å². The minimum Gasteiger partial charge on any atom is -0.387 e. The van der Waals surface area contributed by atoms with Gasteiger partial charge in [-0.25, -0.2) is 13.7 Å². The van der Waals surface area contributed by atoms with Crippen LogP contribution in [0.3, 0.4) is 0 Å². The first-order valence-corrected chi connectivity index (χ1v) is 11.8. The van der Waals surface area contributed by atoms with Gasteiger partial charge in [0.05, 0.1) is 6.61 Å². The molecule has 5 N–H and O–H groups in total. The van der Waals surface area contributed by atoms with Crippen LogP contribution in [-0.4, -0.2) is 54.5 Å². The van der Waals surface area contributed by atoms with Crippen molar-refractivity contribution in [3.8, 4) is 0 Å². The number of ether oxygens (including phenoxy) is 1. The van der Waals surface area contributed by atoms with E-state index in [0.29, 0.717) is 0 Å². The molecule has 0 aliphatic carbocycles. The molecule has 0 radical (unpaired) electrons. The summed E-state index contributed by atoms with van der Waals surface area (Å²) in [5, 5.41) is 20.0. The first kappa shape index (κ1) is 20.9. The Morgan fingerprint density at radius 1 is 1.36 bits per heavy atom. The zero-order valence-electron chi connectivity index (χ0n) is 12.1. The Balaban J connectivity index is 2.09. The summed E-state index contributed by atoms with van der Waals surface area (Å²) in [6.07, 6.45) is -4.51. The average Bonchev–Trinajstić information content (AvgIpc) is 2.71. The number of hydrogen-bond donors (Lipinski definition) is 6. The third-order valence-corrected chi connectivity index (χ3v) is 7.15. The Morgan fingerprint density at radius 2 is 2.00 bits per heavy atom. The van der Waals surface area contributed by atoms with E-state index in [0.717, 1.165) is 16.8 Å². The fourth-order valence-electron chi connectivity index (χ4n) is 2.05. The van der Waals surface area contributed by atoms with Crippen LogP contribution in [0.2, 0.25) is 0 Å². The van der Waals surface area contributed by atoms with E-state index in [4.69, 9.17) is 30.9 Å². The molecule has 1 saturated heterocycles. The SMILES string of the molecule is O=c1ccn([C@@H]2O[C@H](COP(=S)(S)OP(=O)(O)O)[C@@H](O)[C@H]2O)c(=O)[nH]1. The predicted molar refractivity (Wildman–Crippen MR) is 89.6 cm³/mol. The summed E-state index contributed by atoms with van der Waals surface area (Å²) in [5.74, 6) is 0. The van der Waals surface area contributed by atoms with Crippen molar-refractivity contribution in [2.45, 2.75) is 24.5 Å². The van der Waals surface area contributed by atoms with E-state index in [-0.39, 0.29) is 0 Å². The smallest absolute Gasteiger partial charge is 0.387 e. The third-order valence-electron chi connectivity index (χ3n) is 3.07. The lowest BCUT2D eigenvalue weighted by Gasteiger charge is -2.20. The average molecular weight is 436 g/mol. The summed E-state index contributed by atoms with van der Waals surface area (Å²) in [6, 6.07) is 1.02. The van der Waals surface area contributed by atoms with Crippen molar-refractivity contribution in [1.29, 1.82) is 0 Å². The molecule has 1 aliphatic rings. The lowest BCUT2D eigenvalue weighted by molar-refractivity contribution is -0.0511. The third kappa shape index (κ3) is 5.55. The van der Waals surface area contributed by atoms with Gasteiger partial charge in [-0.3, -0.25) is 14.3 Å². The van der Waals surface area contributed by atoms with E-state index < -0.39 is 55.9 Å². The second kappa shape index (κ2) is 7.71. The molecule has 1 aliphatic heterocycles. The fraction of sp³-hybridized carbons (Fsp3) is 0.556. The minimum atomic E-state index is -4.94. The van der Waals surface area contributed by atoms with E-state index >= 15 is 0 Å². The van der Waals surface area contributed by atoms with Crippen molar-refractivity contribution in [3.05, 3.63) is 33.1 Å². The highest BCUT2D eigenvalue weighted by atomic mass is 32.9. The molecule has 1 aromatic heterocycles. The highest BCUT2D eigenvalue weighted by molar-refractivity contribution is 8.60. The number of aromatic nitrogens is 2. The molecule has 12 nitrogen and oxygen atoms in total. The number of rotatable bonds is 6. The van der Waals surface area contributed by atoms with Crippen molar-refractivity contribution >= 4 is 37.6 Å². The number of aliphatic hydroxyl groups is 2. The number of phosphoric acid groups is 1. The van der Waals surface area contributed by atoms with E-state index in [2.05, 4.69) is 16.6 Å². The van der Waals surface area contributed by atoms with Gasteiger partial charge in [0.2, 0.25) is 0 Å². The van der Waals surface area contributed by atoms with Crippen molar-refractivity contribution < 1.29 is 38.1 Å². The Labute approximate surface area is 149 Å². The molecule has 0 amide bonds. The highest BCUT2D eigenvalue weighted by Gasteiger charge is 2.45. The Kier molecular flexibility index (Phi) is 6.45. The minimum absolute atomic E-state index is 0.520. The van der Waals surface area contributed by atoms with Crippen molar-refractivity contribution in [2.24, 2.45) is 0 Å². The van der Waals surface area contributed by atoms with Crippen LogP contribution in [0.5, 0.6) is 0 Å². The van der Waals surface area contributed by atoms with Gasteiger partial charge in [-0.1, -0.05) is 12.2 Å². The van der Waals surface area contributed by atoms with Crippen molar-refractivity contribution in [3.63, 3.8) is 0 Å². The quantitative estimate of drug-likeness (QED) is 0.224. The standard InChI is InChI=1S/C9H14N2O10P2S2/c12-5-1-2-11(9(15)10-5)8-7(14)6(13)4(20-8)3-19-23(24,25)21-22(16,17)18/h1-2,4,6-8,13-14H,3H2,(H,24,25)(H,10,12,15)(H2,16,17,18)/t4-,6-,7-,8-/m1/s1. The molecule has 16 heteroatoms. The van der Waals surface area contributed by atoms with Gasteiger partial charge in [0.15, 0.2) is 6.23 Å².